The van der Waals surface area contributed by atoms with Gasteiger partial charge in [0, 0.05) is 24.7 Å². The summed E-state index contributed by atoms with van der Waals surface area (Å²) in [6, 6.07) is 14.1. The summed E-state index contributed by atoms with van der Waals surface area (Å²) in [6.07, 6.45) is 0.699. The predicted octanol–water partition coefficient (Wildman–Crippen LogP) is 2.10. The molecule has 0 spiro atoms. The van der Waals surface area contributed by atoms with Crippen LogP contribution in [0.15, 0.2) is 53.4 Å². The highest BCUT2D eigenvalue weighted by atomic mass is 35.5. The lowest BCUT2D eigenvalue weighted by Crippen LogP contribution is -2.40. The molecule has 0 aromatic heterocycles. The Labute approximate surface area is 175 Å². The van der Waals surface area contributed by atoms with Crippen LogP contribution in [0.3, 0.4) is 0 Å². The molecule has 156 valence electrons. The SMILES string of the molecule is O=C(COc1ccc(Cl)cc1S(=O)(=O)N1CCOCC1)NCCc1ccccc1. The molecule has 0 radical (unpaired) electrons. The third-order valence-corrected chi connectivity index (χ3v) is 6.59. The van der Waals surface area contributed by atoms with E-state index in [-0.39, 0.29) is 41.3 Å². The van der Waals surface area contributed by atoms with Crippen molar-refractivity contribution in [3.05, 3.63) is 59.1 Å². The van der Waals surface area contributed by atoms with Crippen LogP contribution in [-0.2, 0) is 26.0 Å². The summed E-state index contributed by atoms with van der Waals surface area (Å²) in [4.78, 5) is 12.0. The molecule has 29 heavy (non-hydrogen) atoms. The van der Waals surface area contributed by atoms with E-state index in [2.05, 4.69) is 5.32 Å². The maximum atomic E-state index is 13.0. The molecular formula is C20H23ClN2O5S. The third kappa shape index (κ3) is 5.93. The molecule has 1 fully saturated rings. The van der Waals surface area contributed by atoms with Crippen molar-refractivity contribution < 1.29 is 22.7 Å². The topological polar surface area (TPSA) is 84.9 Å². The van der Waals surface area contributed by atoms with Crippen LogP contribution in [0.2, 0.25) is 5.02 Å². The summed E-state index contributed by atoms with van der Waals surface area (Å²) in [5.41, 5.74) is 1.12. The van der Waals surface area contributed by atoms with Crippen LogP contribution in [0, 0.1) is 0 Å². The zero-order valence-electron chi connectivity index (χ0n) is 15.8. The summed E-state index contributed by atoms with van der Waals surface area (Å²) in [6.45, 7) is 1.36. The van der Waals surface area contributed by atoms with Gasteiger partial charge in [-0.2, -0.15) is 4.31 Å². The van der Waals surface area contributed by atoms with Crippen LogP contribution >= 0.6 is 11.6 Å². The second-order valence-electron chi connectivity index (χ2n) is 6.48. The number of sulfonamides is 1. The van der Waals surface area contributed by atoms with Crippen molar-refractivity contribution >= 4 is 27.5 Å². The molecule has 3 rings (SSSR count). The van der Waals surface area contributed by atoms with Crippen molar-refractivity contribution in [2.24, 2.45) is 0 Å². The van der Waals surface area contributed by atoms with Gasteiger partial charge in [-0.3, -0.25) is 4.79 Å². The highest BCUT2D eigenvalue weighted by Gasteiger charge is 2.29. The molecule has 1 aliphatic rings. The summed E-state index contributed by atoms with van der Waals surface area (Å²) in [5.74, 6) is -0.232. The Morgan fingerprint density at radius 3 is 2.59 bits per heavy atom. The molecule has 0 bridgehead atoms. The van der Waals surface area contributed by atoms with E-state index in [0.29, 0.717) is 26.2 Å². The normalized spacial score (nSPS) is 15.1. The number of halogens is 1. The number of hydrogen-bond donors (Lipinski definition) is 1. The first kappa shape index (κ1) is 21.6. The maximum Gasteiger partial charge on any atom is 0.257 e. The van der Waals surface area contributed by atoms with Crippen molar-refractivity contribution in [2.45, 2.75) is 11.3 Å². The first-order valence-electron chi connectivity index (χ1n) is 9.28. The minimum atomic E-state index is -3.80. The Morgan fingerprint density at radius 2 is 1.86 bits per heavy atom. The lowest BCUT2D eigenvalue weighted by atomic mass is 10.1. The van der Waals surface area contributed by atoms with Crippen LogP contribution in [0.5, 0.6) is 5.75 Å². The van der Waals surface area contributed by atoms with Crippen molar-refractivity contribution in [1.82, 2.24) is 9.62 Å². The zero-order chi connectivity index (χ0) is 20.7. The number of amides is 1. The Kier molecular flexibility index (Phi) is 7.49. The van der Waals surface area contributed by atoms with E-state index in [4.69, 9.17) is 21.1 Å². The number of benzene rings is 2. The minimum absolute atomic E-state index is 0.0519. The molecule has 1 aliphatic heterocycles. The van der Waals surface area contributed by atoms with Crippen LogP contribution in [0.4, 0.5) is 0 Å². The maximum absolute atomic E-state index is 13.0. The average Bonchev–Trinajstić information content (AvgIpc) is 2.74. The van der Waals surface area contributed by atoms with Crippen LogP contribution in [0.1, 0.15) is 5.56 Å². The zero-order valence-corrected chi connectivity index (χ0v) is 17.4. The number of hydrogen-bond acceptors (Lipinski definition) is 5. The number of carbonyl (C=O) groups excluding carboxylic acids is 1. The first-order chi connectivity index (χ1) is 14.0. The van der Waals surface area contributed by atoms with Crippen molar-refractivity contribution in [3.63, 3.8) is 0 Å². The van der Waals surface area contributed by atoms with E-state index in [1.807, 2.05) is 30.3 Å². The van der Waals surface area contributed by atoms with Gasteiger partial charge >= 0.3 is 0 Å². The number of nitrogens with one attached hydrogen (secondary N) is 1. The molecule has 1 N–H and O–H groups in total. The van der Waals surface area contributed by atoms with E-state index in [9.17, 15) is 13.2 Å². The van der Waals surface area contributed by atoms with Crippen molar-refractivity contribution in [3.8, 4) is 5.75 Å². The molecular weight excluding hydrogens is 416 g/mol. The summed E-state index contributed by atoms with van der Waals surface area (Å²) in [5, 5.41) is 3.04. The summed E-state index contributed by atoms with van der Waals surface area (Å²) in [7, 11) is -3.80. The average molecular weight is 439 g/mol. The quantitative estimate of drug-likeness (QED) is 0.682. The summed E-state index contributed by atoms with van der Waals surface area (Å²) < 4.78 is 38.0. The van der Waals surface area contributed by atoms with E-state index >= 15 is 0 Å². The van der Waals surface area contributed by atoms with Gasteiger partial charge < -0.3 is 14.8 Å². The molecule has 2 aromatic carbocycles. The molecule has 2 aromatic rings. The number of ether oxygens (including phenoxy) is 2. The highest BCUT2D eigenvalue weighted by Crippen LogP contribution is 2.30. The Balaban J connectivity index is 1.61. The van der Waals surface area contributed by atoms with E-state index in [0.717, 1.165) is 5.56 Å². The fourth-order valence-electron chi connectivity index (χ4n) is 2.91. The lowest BCUT2D eigenvalue weighted by Gasteiger charge is -2.26. The Hall–Kier alpha value is -2.13. The molecule has 0 aliphatic carbocycles. The molecule has 0 saturated carbocycles. The molecule has 9 heteroatoms. The van der Waals surface area contributed by atoms with E-state index in [1.165, 1.54) is 22.5 Å². The monoisotopic (exact) mass is 438 g/mol. The van der Waals surface area contributed by atoms with Gasteiger partial charge in [0.25, 0.3) is 5.91 Å². The van der Waals surface area contributed by atoms with Gasteiger partial charge in [-0.25, -0.2) is 8.42 Å². The second-order valence-corrected chi connectivity index (χ2v) is 8.82. The number of morpholine rings is 1. The molecule has 7 nitrogen and oxygen atoms in total. The largest absolute Gasteiger partial charge is 0.482 e. The molecule has 1 amide bonds. The van der Waals surface area contributed by atoms with Crippen molar-refractivity contribution in [2.75, 3.05) is 39.5 Å². The van der Waals surface area contributed by atoms with E-state index in [1.54, 1.807) is 0 Å². The van der Waals surface area contributed by atoms with Gasteiger partial charge in [0.05, 0.1) is 13.2 Å². The fraction of sp³-hybridized carbons (Fsp3) is 0.350. The second kappa shape index (κ2) is 10.1. The molecule has 0 atom stereocenters. The van der Waals surface area contributed by atoms with Gasteiger partial charge in [0.15, 0.2) is 6.61 Å². The van der Waals surface area contributed by atoms with Crippen LogP contribution in [0.25, 0.3) is 0 Å². The standard InChI is InChI=1S/C20H23ClN2O5S/c21-17-6-7-18(19(14-17)29(25,26)23-10-12-27-13-11-23)28-15-20(24)22-9-8-16-4-2-1-3-5-16/h1-7,14H,8-13,15H2,(H,22,24). The Morgan fingerprint density at radius 1 is 1.14 bits per heavy atom. The first-order valence-corrected chi connectivity index (χ1v) is 11.1. The van der Waals surface area contributed by atoms with Gasteiger partial charge in [-0.15, -0.1) is 0 Å². The Bertz CT molecular complexity index is 931. The number of nitrogens with zero attached hydrogens (tertiary/aromatic N) is 1. The lowest BCUT2D eigenvalue weighted by molar-refractivity contribution is -0.123. The smallest absolute Gasteiger partial charge is 0.257 e. The minimum Gasteiger partial charge on any atom is -0.482 e. The third-order valence-electron chi connectivity index (χ3n) is 4.43. The number of carbonyl (C=O) groups is 1. The molecule has 0 unspecified atom stereocenters. The van der Waals surface area contributed by atoms with Gasteiger partial charge in [0.1, 0.15) is 10.6 Å². The fourth-order valence-corrected chi connectivity index (χ4v) is 4.72. The highest BCUT2D eigenvalue weighted by molar-refractivity contribution is 7.89. The van der Waals surface area contributed by atoms with Gasteiger partial charge in [-0.1, -0.05) is 41.9 Å². The molecule has 1 saturated heterocycles. The number of rotatable bonds is 8. The van der Waals surface area contributed by atoms with Gasteiger partial charge in [-0.05, 0) is 30.2 Å². The summed E-state index contributed by atoms with van der Waals surface area (Å²) >= 11 is 6.01. The van der Waals surface area contributed by atoms with E-state index < -0.39 is 10.0 Å². The molecule has 1 heterocycles. The van der Waals surface area contributed by atoms with Crippen LogP contribution in [-0.4, -0.2) is 58.1 Å². The van der Waals surface area contributed by atoms with Gasteiger partial charge in [0.2, 0.25) is 10.0 Å². The van der Waals surface area contributed by atoms with Crippen molar-refractivity contribution in [1.29, 1.82) is 0 Å². The predicted molar refractivity (Wildman–Crippen MR) is 110 cm³/mol. The van der Waals surface area contributed by atoms with Crippen LogP contribution < -0.4 is 10.1 Å².